The van der Waals surface area contributed by atoms with Crippen molar-refractivity contribution in [2.75, 3.05) is 8.19 Å². The van der Waals surface area contributed by atoms with E-state index >= 15 is 0 Å². The molecule has 2 saturated heterocycles. The number of fused-ring (bicyclic) bond motifs is 1. The zero-order chi connectivity index (χ0) is 28.8. The molecule has 1 aliphatic carbocycles. The van der Waals surface area contributed by atoms with Gasteiger partial charge in [0.05, 0.1) is 0 Å². The zero-order valence-corrected chi connectivity index (χ0v) is 29.0. The van der Waals surface area contributed by atoms with Crippen LogP contribution in [0, 0.1) is 3.70 Å². The molecule has 224 valence electrons. The minimum absolute atomic E-state index is 0.0402. The fourth-order valence-electron chi connectivity index (χ4n) is 4.36. The van der Waals surface area contributed by atoms with Gasteiger partial charge >= 0.3 is 271 Å². The van der Waals surface area contributed by atoms with E-state index in [2.05, 4.69) is 38.2 Å². The molecule has 1 aromatic rings. The van der Waals surface area contributed by atoms with Crippen molar-refractivity contribution in [2.45, 2.75) is 66.1 Å². The molecule has 14 heteroatoms. The molecule has 3 aliphatic rings. The number of carbonyl (C=O) groups excluding carboxylic acids is 2. The molecule has 7 nitrogen and oxygen atoms in total. The number of carbonyl (C=O) groups is 2. The SMILES string of the molecule is CC1([I-]C[I-]NC(=O)CCCC[C@@H]2SC[C@@H]3NC(=O)N[C@@H]32)C=CC=C([I-]c2cc(CN)cc(C(F)(F)F)n2)C=C1. The number of allylic oxidation sites excluding steroid dienone is 6. The van der Waals surface area contributed by atoms with Crippen molar-refractivity contribution in [2.24, 2.45) is 5.73 Å². The summed E-state index contributed by atoms with van der Waals surface area (Å²) in [7, 11) is 0. The molecule has 3 heterocycles. The Kier molecular flexibility index (Phi) is 11.9. The Bertz CT molecular complexity index is 1180. The molecule has 4 rings (SSSR count). The number of hydrogen-bond donors (Lipinski definition) is 4. The van der Waals surface area contributed by atoms with Gasteiger partial charge in [-0.1, -0.05) is 0 Å². The quantitative estimate of drug-likeness (QED) is 0.0419. The molecule has 1 unspecified atom stereocenters. The zero-order valence-electron chi connectivity index (χ0n) is 21.7. The molecule has 5 N–H and O–H groups in total. The topological polar surface area (TPSA) is 109 Å². The molecule has 0 radical (unpaired) electrons. The maximum atomic E-state index is 13.2. The number of aromatic nitrogens is 1. The fourth-order valence-corrected chi connectivity index (χ4v) is 16.8. The van der Waals surface area contributed by atoms with Crippen molar-refractivity contribution in [3.05, 3.63) is 61.1 Å². The standard InChI is InChI=1S/C26H32F3I3N5O2S/c1-25(9-4-5-17(8-10-25)32-21-12-16(13-33)11-20(35-21)26(27,28)29)30-15-31-37-22(38)7-3-2-6-19-23-18(14-40-19)34-24(39)36-23/h4-5,8-12,18-19,23H,2-3,6-7,13-15,33H2,1H3,(H,37,38)(H2,34,36,39)/q-3/t18-,19-,23-,25?/m0/s1. The molecule has 0 bridgehead atoms. The third-order valence-electron chi connectivity index (χ3n) is 6.47. The Labute approximate surface area is 268 Å². The van der Waals surface area contributed by atoms with Gasteiger partial charge in [0, 0.05) is 0 Å². The van der Waals surface area contributed by atoms with Gasteiger partial charge in [0.2, 0.25) is 0 Å². The summed E-state index contributed by atoms with van der Waals surface area (Å²) in [5.74, 6) is 1.08. The van der Waals surface area contributed by atoms with Gasteiger partial charge in [0.1, 0.15) is 0 Å². The number of unbranched alkanes of at least 4 members (excludes halogenated alkanes) is 1. The Morgan fingerprint density at radius 3 is 2.88 bits per heavy atom. The molecule has 0 aromatic carbocycles. The number of urea groups is 1. The van der Waals surface area contributed by atoms with Crippen LogP contribution in [0.4, 0.5) is 18.0 Å². The summed E-state index contributed by atoms with van der Waals surface area (Å²) < 4.78 is 45.3. The second-order valence-corrected chi connectivity index (χ2v) is 22.6. The monoisotopic (exact) mass is 916 g/mol. The average Bonchev–Trinajstić information content (AvgIpc) is 3.39. The molecular weight excluding hydrogens is 884 g/mol. The fraction of sp³-hybridized carbons (Fsp3) is 0.500. The van der Waals surface area contributed by atoms with Crippen LogP contribution in [-0.2, 0) is 17.5 Å². The van der Waals surface area contributed by atoms with Crippen molar-refractivity contribution < 1.29 is 86.6 Å². The molecule has 0 saturated carbocycles. The van der Waals surface area contributed by atoms with Gasteiger partial charge in [0.25, 0.3) is 0 Å². The predicted octanol–water partition coefficient (Wildman–Crippen LogP) is -5.52. The minimum atomic E-state index is -4.50. The maximum absolute atomic E-state index is 13.2. The first-order valence-electron chi connectivity index (χ1n) is 12.7. The van der Waals surface area contributed by atoms with Crippen LogP contribution >= 0.6 is 11.8 Å². The van der Waals surface area contributed by atoms with Crippen LogP contribution in [0.25, 0.3) is 0 Å². The van der Waals surface area contributed by atoms with E-state index < -0.39 is 54.6 Å². The molecule has 1 aromatic heterocycles. The van der Waals surface area contributed by atoms with Crippen molar-refractivity contribution in [1.82, 2.24) is 19.1 Å². The van der Waals surface area contributed by atoms with Crippen LogP contribution in [0.5, 0.6) is 0 Å². The summed E-state index contributed by atoms with van der Waals surface area (Å²) in [5.41, 5.74) is 5.17. The number of amides is 3. The van der Waals surface area contributed by atoms with E-state index in [9.17, 15) is 22.8 Å². The molecule has 0 spiro atoms. The van der Waals surface area contributed by atoms with E-state index in [-0.39, 0.29) is 55.2 Å². The second kappa shape index (κ2) is 14.7. The molecule has 2 fully saturated rings. The van der Waals surface area contributed by atoms with E-state index in [1.807, 2.05) is 30.0 Å². The van der Waals surface area contributed by atoms with Gasteiger partial charge in [-0.05, 0) is 0 Å². The average molecular weight is 916 g/mol. The number of nitrogens with two attached hydrogens (primary N) is 1. The van der Waals surface area contributed by atoms with E-state index in [4.69, 9.17) is 5.73 Å². The van der Waals surface area contributed by atoms with Gasteiger partial charge in [-0.3, -0.25) is 0 Å². The Hall–Kier alpha value is -0.600. The first-order valence-corrected chi connectivity index (χ1v) is 21.1. The van der Waals surface area contributed by atoms with Gasteiger partial charge < -0.3 is 0 Å². The van der Waals surface area contributed by atoms with Crippen LogP contribution in [0.2, 0.25) is 0 Å². The van der Waals surface area contributed by atoms with Crippen molar-refractivity contribution >= 4 is 23.7 Å². The third kappa shape index (κ3) is 9.45. The van der Waals surface area contributed by atoms with Crippen molar-refractivity contribution in [3.8, 4) is 0 Å². The normalized spacial score (nSPS) is 26.0. The van der Waals surface area contributed by atoms with E-state index in [0.29, 0.717) is 20.9 Å². The van der Waals surface area contributed by atoms with Crippen molar-refractivity contribution in [1.29, 1.82) is 0 Å². The summed E-state index contributed by atoms with van der Waals surface area (Å²) in [6, 6.07) is 3.08. The number of rotatable bonds is 12. The first-order chi connectivity index (χ1) is 19.0. The van der Waals surface area contributed by atoms with E-state index in [0.717, 1.165) is 37.1 Å². The van der Waals surface area contributed by atoms with Gasteiger partial charge in [-0.2, -0.15) is 0 Å². The first kappa shape index (κ1) is 32.3. The number of pyridine rings is 1. The number of thioether (sulfide) groups is 1. The summed E-state index contributed by atoms with van der Waals surface area (Å²) in [4.78, 5) is 27.7. The van der Waals surface area contributed by atoms with Gasteiger partial charge in [-0.25, -0.2) is 0 Å². The van der Waals surface area contributed by atoms with E-state index in [1.165, 1.54) is 0 Å². The molecule has 4 atom stereocenters. The Morgan fingerprint density at radius 2 is 2.10 bits per heavy atom. The van der Waals surface area contributed by atoms with Crippen LogP contribution in [-0.4, -0.2) is 45.9 Å². The summed E-state index contributed by atoms with van der Waals surface area (Å²) in [6.45, 7) is 2.22. The molecule has 2 aliphatic heterocycles. The number of nitrogens with one attached hydrogen (secondary N) is 3. The Balaban J connectivity index is 1.15. The van der Waals surface area contributed by atoms with Crippen molar-refractivity contribution in [3.63, 3.8) is 0 Å². The summed E-state index contributed by atoms with van der Waals surface area (Å²) in [5, 5.41) is 6.39. The Morgan fingerprint density at radius 1 is 1.27 bits per heavy atom. The van der Waals surface area contributed by atoms with Crippen LogP contribution in [0.3, 0.4) is 0 Å². The second-order valence-electron chi connectivity index (χ2n) is 9.63. The third-order valence-corrected chi connectivity index (χ3v) is 18.2. The summed E-state index contributed by atoms with van der Waals surface area (Å²) >= 11 is 0.336. The number of hydrogen-bond acceptors (Lipinski definition) is 5. The number of nitrogens with zero attached hydrogens (tertiary/aromatic N) is 1. The van der Waals surface area contributed by atoms with Crippen LogP contribution < -0.4 is 83.8 Å². The predicted molar refractivity (Wildman–Crippen MR) is 138 cm³/mol. The van der Waals surface area contributed by atoms with Gasteiger partial charge in [0.15, 0.2) is 0 Å². The number of alkyl halides is 6. The summed E-state index contributed by atoms with van der Waals surface area (Å²) in [6.07, 6.45) is 9.22. The van der Waals surface area contributed by atoms with E-state index in [1.54, 1.807) is 6.07 Å². The molecule has 40 heavy (non-hydrogen) atoms. The molecular formula is C26H32F3I3N5O2S-3. The van der Waals surface area contributed by atoms with Crippen LogP contribution in [0.15, 0.2) is 46.1 Å². The number of halogens is 6. The molecule has 3 amide bonds. The van der Waals surface area contributed by atoms with Crippen LogP contribution in [0.1, 0.15) is 43.9 Å². The van der Waals surface area contributed by atoms with Gasteiger partial charge in [-0.15, -0.1) is 0 Å².